The van der Waals surface area contributed by atoms with E-state index < -0.39 is 0 Å². The first-order chi connectivity index (χ1) is 12.4. The van der Waals surface area contributed by atoms with Crippen molar-refractivity contribution in [1.29, 1.82) is 0 Å². The summed E-state index contributed by atoms with van der Waals surface area (Å²) < 4.78 is 0. The van der Waals surface area contributed by atoms with Gasteiger partial charge in [0.25, 0.3) is 0 Å². The third-order valence-electron chi connectivity index (χ3n) is 5.45. The Hall–Kier alpha value is -1.73. The second-order valence-corrected chi connectivity index (χ2v) is 9.37. The molecule has 1 fully saturated rings. The summed E-state index contributed by atoms with van der Waals surface area (Å²) in [6, 6.07) is 20.7. The van der Waals surface area contributed by atoms with E-state index in [2.05, 4.69) is 78.9 Å². The van der Waals surface area contributed by atoms with Crippen molar-refractivity contribution >= 4 is 10.9 Å². The van der Waals surface area contributed by atoms with Crippen LogP contribution in [0.4, 0.5) is 0 Å². The SMILES string of the molecule is C1=CCC([S+](c2ccccc2)c2ccc(C3CCCCC3)cc2)C=C1. The highest BCUT2D eigenvalue weighted by Crippen LogP contribution is 2.35. The maximum Gasteiger partial charge on any atom is 0.161 e. The van der Waals surface area contributed by atoms with Gasteiger partial charge in [0.15, 0.2) is 15.0 Å². The first kappa shape index (κ1) is 16.7. The predicted octanol–water partition coefficient (Wildman–Crippen LogP) is 6.66. The van der Waals surface area contributed by atoms with Gasteiger partial charge in [-0.1, -0.05) is 67.8 Å². The molecule has 0 nitrogen and oxygen atoms in total. The lowest BCUT2D eigenvalue weighted by molar-refractivity contribution is 0.443. The average molecular weight is 348 g/mol. The fourth-order valence-corrected chi connectivity index (χ4v) is 6.51. The molecule has 0 saturated heterocycles. The van der Waals surface area contributed by atoms with Gasteiger partial charge < -0.3 is 0 Å². The number of rotatable bonds is 4. The van der Waals surface area contributed by atoms with Crippen molar-refractivity contribution in [1.82, 2.24) is 0 Å². The Morgan fingerprint density at radius 2 is 1.44 bits per heavy atom. The van der Waals surface area contributed by atoms with Crippen molar-refractivity contribution in [3.63, 3.8) is 0 Å². The van der Waals surface area contributed by atoms with E-state index in [4.69, 9.17) is 0 Å². The summed E-state index contributed by atoms with van der Waals surface area (Å²) in [5, 5.41) is 0.577. The molecular formula is C24H27S+. The number of hydrogen-bond donors (Lipinski definition) is 0. The molecular weight excluding hydrogens is 320 g/mol. The van der Waals surface area contributed by atoms with Gasteiger partial charge in [-0.15, -0.1) is 0 Å². The summed E-state index contributed by atoms with van der Waals surface area (Å²) in [5.41, 5.74) is 1.55. The molecule has 0 radical (unpaired) electrons. The lowest BCUT2D eigenvalue weighted by Gasteiger charge is -2.22. The molecule has 0 spiro atoms. The molecule has 25 heavy (non-hydrogen) atoms. The van der Waals surface area contributed by atoms with Crippen molar-refractivity contribution in [2.75, 3.05) is 0 Å². The molecule has 2 aliphatic carbocycles. The van der Waals surface area contributed by atoms with Crippen LogP contribution in [0.3, 0.4) is 0 Å². The van der Waals surface area contributed by atoms with Crippen LogP contribution in [0.1, 0.15) is 50.0 Å². The van der Waals surface area contributed by atoms with Crippen LogP contribution in [0.25, 0.3) is 0 Å². The molecule has 2 atom stereocenters. The molecule has 0 aromatic heterocycles. The quantitative estimate of drug-likeness (QED) is 0.543. The van der Waals surface area contributed by atoms with Gasteiger partial charge in [0.05, 0.1) is 10.9 Å². The Morgan fingerprint density at radius 1 is 0.720 bits per heavy atom. The second kappa shape index (κ2) is 8.10. The molecule has 0 aliphatic heterocycles. The smallest absolute Gasteiger partial charge is 0.0792 e. The zero-order chi connectivity index (χ0) is 16.9. The van der Waals surface area contributed by atoms with Gasteiger partial charge in [-0.25, -0.2) is 0 Å². The molecule has 2 aromatic rings. The Kier molecular flexibility index (Phi) is 5.42. The molecule has 1 heteroatoms. The second-order valence-electron chi connectivity index (χ2n) is 7.14. The van der Waals surface area contributed by atoms with Crippen LogP contribution in [0, 0.1) is 0 Å². The molecule has 0 bridgehead atoms. The van der Waals surface area contributed by atoms with E-state index in [1.54, 1.807) is 5.56 Å². The minimum Gasteiger partial charge on any atom is -0.0792 e. The van der Waals surface area contributed by atoms with E-state index in [1.165, 1.54) is 41.9 Å². The molecule has 0 heterocycles. The number of allylic oxidation sites excluding steroid dienone is 3. The maximum atomic E-state index is 2.41. The van der Waals surface area contributed by atoms with Crippen LogP contribution in [0.5, 0.6) is 0 Å². The molecule has 0 amide bonds. The van der Waals surface area contributed by atoms with Crippen molar-refractivity contribution < 1.29 is 0 Å². The summed E-state index contributed by atoms with van der Waals surface area (Å²) >= 11 is 0. The zero-order valence-electron chi connectivity index (χ0n) is 14.8. The Bertz CT molecular complexity index is 720. The van der Waals surface area contributed by atoms with Gasteiger partial charge in [0.1, 0.15) is 0 Å². The fourth-order valence-electron chi connectivity index (χ4n) is 4.11. The maximum absolute atomic E-state index is 2.41. The lowest BCUT2D eigenvalue weighted by atomic mass is 9.84. The van der Waals surface area contributed by atoms with Crippen molar-refractivity contribution in [2.24, 2.45) is 0 Å². The lowest BCUT2D eigenvalue weighted by Crippen LogP contribution is -2.21. The molecule has 1 saturated carbocycles. The Morgan fingerprint density at radius 3 is 2.12 bits per heavy atom. The third kappa shape index (κ3) is 3.93. The Labute approximate surface area is 155 Å². The molecule has 128 valence electrons. The summed E-state index contributed by atoms with van der Waals surface area (Å²) in [6.07, 6.45) is 17.2. The van der Waals surface area contributed by atoms with Gasteiger partial charge in [0.2, 0.25) is 0 Å². The summed E-state index contributed by atoms with van der Waals surface area (Å²) in [6.45, 7) is 0. The van der Waals surface area contributed by atoms with Crippen LogP contribution in [0.15, 0.2) is 88.7 Å². The van der Waals surface area contributed by atoms with E-state index in [9.17, 15) is 0 Å². The third-order valence-corrected chi connectivity index (χ3v) is 7.97. The predicted molar refractivity (Wildman–Crippen MR) is 109 cm³/mol. The largest absolute Gasteiger partial charge is 0.161 e. The van der Waals surface area contributed by atoms with Gasteiger partial charge >= 0.3 is 0 Å². The monoisotopic (exact) mass is 347 g/mol. The average Bonchev–Trinajstić information content (AvgIpc) is 2.71. The van der Waals surface area contributed by atoms with Crippen molar-refractivity contribution in [3.8, 4) is 0 Å². The van der Waals surface area contributed by atoms with Crippen LogP contribution >= 0.6 is 0 Å². The van der Waals surface area contributed by atoms with Gasteiger partial charge in [-0.2, -0.15) is 0 Å². The Balaban J connectivity index is 1.62. The van der Waals surface area contributed by atoms with Gasteiger partial charge in [-0.05, 0) is 54.7 Å². The first-order valence-electron chi connectivity index (χ1n) is 9.63. The van der Waals surface area contributed by atoms with E-state index in [1.807, 2.05) is 0 Å². The zero-order valence-corrected chi connectivity index (χ0v) is 15.6. The molecule has 2 aliphatic rings. The molecule has 2 unspecified atom stereocenters. The van der Waals surface area contributed by atoms with E-state index >= 15 is 0 Å². The number of hydrogen-bond acceptors (Lipinski definition) is 0. The fraction of sp³-hybridized carbons (Fsp3) is 0.333. The van der Waals surface area contributed by atoms with Crippen LogP contribution in [-0.2, 0) is 10.9 Å². The van der Waals surface area contributed by atoms with Gasteiger partial charge in [-0.3, -0.25) is 0 Å². The highest BCUT2D eigenvalue weighted by Gasteiger charge is 2.33. The van der Waals surface area contributed by atoms with E-state index in [0.717, 1.165) is 12.3 Å². The van der Waals surface area contributed by atoms with Crippen LogP contribution < -0.4 is 0 Å². The normalized spacial score (nSPS) is 22.0. The topological polar surface area (TPSA) is 0 Å². The highest BCUT2D eigenvalue weighted by molar-refractivity contribution is 7.97. The van der Waals surface area contributed by atoms with Gasteiger partial charge in [0, 0.05) is 6.42 Å². The van der Waals surface area contributed by atoms with Crippen molar-refractivity contribution in [3.05, 3.63) is 84.5 Å². The number of benzene rings is 2. The first-order valence-corrected chi connectivity index (χ1v) is 10.9. The standard InChI is InChI=1S/C24H27S/c1-4-10-20(11-5-1)21-16-18-24(19-17-21)25(22-12-6-2-7-13-22)23-14-8-3-9-15-23/h2-3,6-9,12-14,16-20,23H,1,4-5,10-11,15H2/q+1. The molecule has 0 N–H and O–H groups in total. The molecule has 4 rings (SSSR count). The summed E-state index contributed by atoms with van der Waals surface area (Å²) in [5.74, 6) is 0.791. The summed E-state index contributed by atoms with van der Waals surface area (Å²) in [7, 11) is 0.111. The molecule has 2 aromatic carbocycles. The minimum absolute atomic E-state index is 0.111. The summed E-state index contributed by atoms with van der Waals surface area (Å²) in [4.78, 5) is 2.94. The highest BCUT2D eigenvalue weighted by atomic mass is 32.2. The minimum atomic E-state index is 0.111. The van der Waals surface area contributed by atoms with E-state index in [-0.39, 0.29) is 10.9 Å². The van der Waals surface area contributed by atoms with Crippen molar-refractivity contribution in [2.45, 2.75) is 59.5 Å². The van der Waals surface area contributed by atoms with Crippen LogP contribution in [0.2, 0.25) is 0 Å². The van der Waals surface area contributed by atoms with Crippen LogP contribution in [-0.4, -0.2) is 5.25 Å². The van der Waals surface area contributed by atoms with E-state index in [0.29, 0.717) is 5.25 Å².